The molecule has 0 unspecified atom stereocenters. The van der Waals surface area contributed by atoms with Crippen LogP contribution in [0.5, 0.6) is 5.75 Å². The lowest BCUT2D eigenvalue weighted by atomic mass is 10.2. The van der Waals surface area contributed by atoms with Gasteiger partial charge in [0, 0.05) is 6.20 Å². The number of unbranched alkanes of at least 4 members (excludes halogenated alkanes) is 2. The molecule has 2 aromatic heterocycles. The molecule has 0 atom stereocenters. The first-order valence-electron chi connectivity index (χ1n) is 6.00. The van der Waals surface area contributed by atoms with Crippen molar-refractivity contribution < 1.29 is 9.67 Å². The second-order valence-corrected chi connectivity index (χ2v) is 4.09. The molecule has 0 N–H and O–H groups in total. The van der Waals surface area contributed by atoms with E-state index in [0.717, 1.165) is 13.0 Å². The molecule has 0 bridgehead atoms. The molecule has 2 heterocycles. The molecule has 17 heavy (non-hydrogen) atoms. The molecule has 2 rings (SSSR count). The molecule has 0 aliphatic heterocycles. The Hall–Kier alpha value is -1.84. The Morgan fingerprint density at radius 3 is 3.06 bits per heavy atom. The molecule has 0 aliphatic rings. The minimum atomic E-state index is -0.0520. The van der Waals surface area contributed by atoms with Gasteiger partial charge in [-0.25, -0.2) is 9.55 Å². The number of pyridine rings is 1. The summed E-state index contributed by atoms with van der Waals surface area (Å²) in [6.07, 6.45) is 11.0. The molecule has 0 fully saturated rings. The van der Waals surface area contributed by atoms with Crippen LogP contribution in [-0.2, 0) is 6.54 Å². The standard InChI is InChI=1S/C13H17N3O/c1-2-3-4-8-15-9-10-16(11-15)13-12(17)6-5-7-14-13/h5-7,9-11H,2-4,8H2,1H3. The summed E-state index contributed by atoms with van der Waals surface area (Å²) in [4.78, 5) is 4.10. The SMILES string of the molecule is CCCCC[n+]1ccn(-c2ncccc2[O-])c1. The van der Waals surface area contributed by atoms with Gasteiger partial charge in [-0.1, -0.05) is 19.4 Å². The van der Waals surface area contributed by atoms with E-state index < -0.39 is 0 Å². The largest absolute Gasteiger partial charge is 0.868 e. The fourth-order valence-corrected chi connectivity index (χ4v) is 1.77. The number of aryl methyl sites for hydroxylation is 1. The van der Waals surface area contributed by atoms with Crippen LogP contribution in [0, 0.1) is 0 Å². The normalized spacial score (nSPS) is 10.6. The highest BCUT2D eigenvalue weighted by Crippen LogP contribution is 2.13. The fraction of sp³-hybridized carbons (Fsp3) is 0.385. The molecule has 0 radical (unpaired) electrons. The molecule has 4 nitrogen and oxygen atoms in total. The summed E-state index contributed by atoms with van der Waals surface area (Å²) in [7, 11) is 0. The van der Waals surface area contributed by atoms with Gasteiger partial charge in [-0.2, -0.15) is 4.57 Å². The number of hydrogen-bond acceptors (Lipinski definition) is 2. The molecule has 0 amide bonds. The highest BCUT2D eigenvalue weighted by molar-refractivity contribution is 5.36. The van der Waals surface area contributed by atoms with E-state index >= 15 is 0 Å². The van der Waals surface area contributed by atoms with E-state index in [0.29, 0.717) is 5.82 Å². The monoisotopic (exact) mass is 231 g/mol. The first-order chi connectivity index (χ1) is 8.31. The number of nitrogens with zero attached hydrogens (tertiary/aromatic N) is 3. The third-order valence-corrected chi connectivity index (χ3v) is 2.71. The van der Waals surface area contributed by atoms with Gasteiger partial charge in [0.15, 0.2) is 0 Å². The minimum absolute atomic E-state index is 0.0520. The fourth-order valence-electron chi connectivity index (χ4n) is 1.77. The molecular formula is C13H17N3O. The maximum Gasteiger partial charge on any atom is 0.250 e. The van der Waals surface area contributed by atoms with Crippen LogP contribution in [0.2, 0.25) is 0 Å². The van der Waals surface area contributed by atoms with E-state index in [9.17, 15) is 5.11 Å². The van der Waals surface area contributed by atoms with Crippen LogP contribution in [0.3, 0.4) is 0 Å². The molecule has 90 valence electrons. The second-order valence-electron chi connectivity index (χ2n) is 4.09. The van der Waals surface area contributed by atoms with Gasteiger partial charge in [-0.3, -0.25) is 0 Å². The number of imidazole rings is 1. The zero-order valence-corrected chi connectivity index (χ0v) is 10.0. The summed E-state index contributed by atoms with van der Waals surface area (Å²) < 4.78 is 3.86. The van der Waals surface area contributed by atoms with Gasteiger partial charge in [0.2, 0.25) is 12.1 Å². The summed E-state index contributed by atoms with van der Waals surface area (Å²) in [5.41, 5.74) is 0. The van der Waals surface area contributed by atoms with Gasteiger partial charge in [-0.05, 0) is 24.7 Å². The van der Waals surface area contributed by atoms with Gasteiger partial charge >= 0.3 is 0 Å². The van der Waals surface area contributed by atoms with Gasteiger partial charge in [0.25, 0.3) is 0 Å². The van der Waals surface area contributed by atoms with E-state index in [-0.39, 0.29) is 5.75 Å². The third kappa shape index (κ3) is 2.84. The highest BCUT2D eigenvalue weighted by atomic mass is 16.3. The zero-order chi connectivity index (χ0) is 12.1. The number of rotatable bonds is 5. The average Bonchev–Trinajstić information content (AvgIpc) is 2.79. The molecular weight excluding hydrogens is 214 g/mol. The lowest BCUT2D eigenvalue weighted by molar-refractivity contribution is -0.696. The molecule has 0 aliphatic carbocycles. The van der Waals surface area contributed by atoms with E-state index in [4.69, 9.17) is 0 Å². The predicted molar refractivity (Wildman–Crippen MR) is 62.7 cm³/mol. The quantitative estimate of drug-likeness (QED) is 0.577. The van der Waals surface area contributed by atoms with Crippen molar-refractivity contribution in [3.8, 4) is 11.6 Å². The van der Waals surface area contributed by atoms with E-state index in [2.05, 4.69) is 16.5 Å². The maximum absolute atomic E-state index is 11.6. The second kappa shape index (κ2) is 5.48. The van der Waals surface area contributed by atoms with Crippen molar-refractivity contribution in [3.63, 3.8) is 0 Å². The van der Waals surface area contributed by atoms with Crippen molar-refractivity contribution in [2.75, 3.05) is 0 Å². The Morgan fingerprint density at radius 1 is 1.41 bits per heavy atom. The van der Waals surface area contributed by atoms with Gasteiger partial charge < -0.3 is 5.11 Å². The van der Waals surface area contributed by atoms with Gasteiger partial charge in [0.05, 0.1) is 6.54 Å². The zero-order valence-electron chi connectivity index (χ0n) is 10.0. The summed E-state index contributed by atoms with van der Waals surface area (Å²) in [5.74, 6) is 0.408. The molecule has 0 saturated heterocycles. The lowest BCUT2D eigenvalue weighted by Gasteiger charge is -2.06. The third-order valence-electron chi connectivity index (χ3n) is 2.71. The van der Waals surface area contributed by atoms with E-state index in [1.54, 1.807) is 16.8 Å². The predicted octanol–water partition coefficient (Wildman–Crippen LogP) is 1.42. The summed E-state index contributed by atoms with van der Waals surface area (Å²) in [6.45, 7) is 3.18. The topological polar surface area (TPSA) is 44.8 Å². The first-order valence-corrected chi connectivity index (χ1v) is 6.00. The van der Waals surface area contributed by atoms with Crippen molar-refractivity contribution in [1.29, 1.82) is 0 Å². The molecule has 0 saturated carbocycles. The lowest BCUT2D eigenvalue weighted by Crippen LogP contribution is -2.30. The highest BCUT2D eigenvalue weighted by Gasteiger charge is 2.07. The summed E-state index contributed by atoms with van der Waals surface area (Å²) in [5, 5.41) is 11.6. The van der Waals surface area contributed by atoms with Crippen LogP contribution in [-0.4, -0.2) is 9.55 Å². The number of aromatic nitrogens is 3. The van der Waals surface area contributed by atoms with Crippen LogP contribution < -0.4 is 9.67 Å². The molecule has 0 aromatic carbocycles. The van der Waals surface area contributed by atoms with Crippen LogP contribution in [0.15, 0.2) is 37.1 Å². The molecule has 4 heteroatoms. The Kier molecular flexibility index (Phi) is 3.75. The van der Waals surface area contributed by atoms with Crippen molar-refractivity contribution in [1.82, 2.24) is 9.55 Å². The first kappa shape index (κ1) is 11.6. The van der Waals surface area contributed by atoms with Crippen LogP contribution in [0.25, 0.3) is 5.82 Å². The van der Waals surface area contributed by atoms with Crippen LogP contribution in [0.1, 0.15) is 26.2 Å². The Bertz CT molecular complexity index is 479. The van der Waals surface area contributed by atoms with Crippen molar-refractivity contribution in [2.45, 2.75) is 32.7 Å². The Balaban J connectivity index is 2.10. The van der Waals surface area contributed by atoms with Crippen LogP contribution >= 0.6 is 0 Å². The van der Waals surface area contributed by atoms with E-state index in [1.807, 2.05) is 18.7 Å². The van der Waals surface area contributed by atoms with Crippen molar-refractivity contribution >= 4 is 0 Å². The van der Waals surface area contributed by atoms with Crippen molar-refractivity contribution in [3.05, 3.63) is 37.1 Å². The Morgan fingerprint density at radius 2 is 2.29 bits per heavy atom. The van der Waals surface area contributed by atoms with Crippen molar-refractivity contribution in [2.24, 2.45) is 0 Å². The van der Waals surface area contributed by atoms with Gasteiger partial charge in [0.1, 0.15) is 12.4 Å². The summed E-state index contributed by atoms with van der Waals surface area (Å²) in [6, 6.07) is 3.19. The Labute approximate surface area is 101 Å². The molecule has 2 aromatic rings. The minimum Gasteiger partial charge on any atom is -0.868 e. The maximum atomic E-state index is 11.6. The summed E-state index contributed by atoms with van der Waals surface area (Å²) >= 11 is 0. The molecule has 0 spiro atoms. The smallest absolute Gasteiger partial charge is 0.250 e. The average molecular weight is 231 g/mol. The van der Waals surface area contributed by atoms with E-state index in [1.165, 1.54) is 18.9 Å². The number of hydrogen-bond donors (Lipinski definition) is 0. The van der Waals surface area contributed by atoms with Gasteiger partial charge in [-0.15, -0.1) is 0 Å². The van der Waals surface area contributed by atoms with Crippen LogP contribution in [0.4, 0.5) is 0 Å².